The SMILES string of the molecule is Cc1noc(C2CCCN2S(=O)(=O)Cc2ccc(F)cc2)n1. The molecule has 118 valence electrons. The van der Waals surface area contributed by atoms with Crippen LogP contribution in [0.25, 0.3) is 0 Å². The van der Waals surface area contributed by atoms with E-state index >= 15 is 0 Å². The number of aromatic nitrogens is 2. The predicted octanol–water partition coefficient (Wildman–Crippen LogP) is 2.18. The van der Waals surface area contributed by atoms with Gasteiger partial charge in [-0.2, -0.15) is 9.29 Å². The maximum Gasteiger partial charge on any atom is 0.245 e. The quantitative estimate of drug-likeness (QED) is 0.861. The first-order valence-electron chi connectivity index (χ1n) is 7.00. The van der Waals surface area contributed by atoms with Gasteiger partial charge in [-0.25, -0.2) is 12.8 Å². The van der Waals surface area contributed by atoms with Crippen molar-refractivity contribution in [3.05, 3.63) is 47.4 Å². The first-order chi connectivity index (χ1) is 10.5. The first-order valence-corrected chi connectivity index (χ1v) is 8.61. The third-order valence-electron chi connectivity index (χ3n) is 3.65. The van der Waals surface area contributed by atoms with Crippen LogP contribution in [-0.2, 0) is 15.8 Å². The summed E-state index contributed by atoms with van der Waals surface area (Å²) in [5, 5.41) is 3.72. The summed E-state index contributed by atoms with van der Waals surface area (Å²) in [6, 6.07) is 5.07. The number of sulfonamides is 1. The summed E-state index contributed by atoms with van der Waals surface area (Å²) < 4.78 is 44.7. The molecule has 1 aromatic heterocycles. The molecule has 1 unspecified atom stereocenters. The molecule has 1 saturated heterocycles. The highest BCUT2D eigenvalue weighted by molar-refractivity contribution is 7.88. The summed E-state index contributed by atoms with van der Waals surface area (Å²) >= 11 is 0. The molecule has 6 nitrogen and oxygen atoms in total. The van der Waals surface area contributed by atoms with Gasteiger partial charge in [0.2, 0.25) is 15.9 Å². The van der Waals surface area contributed by atoms with Gasteiger partial charge in [0, 0.05) is 6.54 Å². The Labute approximate surface area is 128 Å². The highest BCUT2D eigenvalue weighted by Gasteiger charge is 2.38. The van der Waals surface area contributed by atoms with Crippen LogP contribution in [0.4, 0.5) is 4.39 Å². The van der Waals surface area contributed by atoms with Gasteiger partial charge in [-0.15, -0.1) is 0 Å². The zero-order chi connectivity index (χ0) is 15.7. The second-order valence-corrected chi connectivity index (χ2v) is 7.25. The molecule has 1 atom stereocenters. The second-order valence-electron chi connectivity index (χ2n) is 5.33. The maximum atomic E-state index is 12.9. The normalized spacial score (nSPS) is 19.6. The molecule has 0 spiro atoms. The highest BCUT2D eigenvalue weighted by Crippen LogP contribution is 2.34. The van der Waals surface area contributed by atoms with E-state index in [2.05, 4.69) is 10.1 Å². The molecular formula is C14H16FN3O3S. The molecule has 1 aliphatic heterocycles. The van der Waals surface area contributed by atoms with E-state index in [1.54, 1.807) is 6.92 Å². The van der Waals surface area contributed by atoms with Gasteiger partial charge < -0.3 is 4.52 Å². The van der Waals surface area contributed by atoms with Crippen LogP contribution in [0.2, 0.25) is 0 Å². The molecule has 0 bridgehead atoms. The third-order valence-corrected chi connectivity index (χ3v) is 5.50. The smallest absolute Gasteiger partial charge is 0.245 e. The Bertz CT molecular complexity index is 758. The van der Waals surface area contributed by atoms with Gasteiger partial charge in [0.25, 0.3) is 0 Å². The van der Waals surface area contributed by atoms with Gasteiger partial charge in [-0.05, 0) is 37.5 Å². The van der Waals surface area contributed by atoms with E-state index in [9.17, 15) is 12.8 Å². The zero-order valence-electron chi connectivity index (χ0n) is 12.1. The minimum absolute atomic E-state index is 0.170. The van der Waals surface area contributed by atoms with Crippen molar-refractivity contribution in [1.29, 1.82) is 0 Å². The van der Waals surface area contributed by atoms with Crippen LogP contribution in [0.5, 0.6) is 0 Å². The van der Waals surface area contributed by atoms with Crippen LogP contribution >= 0.6 is 0 Å². The number of halogens is 1. The molecule has 0 amide bonds. The summed E-state index contributed by atoms with van der Waals surface area (Å²) in [7, 11) is -3.53. The monoisotopic (exact) mass is 325 g/mol. The van der Waals surface area contributed by atoms with Crippen LogP contribution in [0, 0.1) is 12.7 Å². The average molecular weight is 325 g/mol. The van der Waals surface area contributed by atoms with E-state index in [1.807, 2.05) is 0 Å². The van der Waals surface area contributed by atoms with Crippen LogP contribution < -0.4 is 0 Å². The predicted molar refractivity (Wildman–Crippen MR) is 76.7 cm³/mol. The highest BCUT2D eigenvalue weighted by atomic mass is 32.2. The Hall–Kier alpha value is -1.80. The standard InChI is InChI=1S/C14H16FN3O3S/c1-10-16-14(21-17-10)13-3-2-8-18(13)22(19,20)9-11-4-6-12(15)7-5-11/h4-7,13H,2-3,8-9H2,1H3. The molecule has 1 aliphatic rings. The Morgan fingerprint density at radius 1 is 1.36 bits per heavy atom. The van der Waals surface area contributed by atoms with Crippen molar-refractivity contribution in [3.8, 4) is 0 Å². The molecule has 3 rings (SSSR count). The average Bonchev–Trinajstić information content (AvgIpc) is 3.09. The minimum atomic E-state index is -3.53. The molecule has 2 heterocycles. The summed E-state index contributed by atoms with van der Waals surface area (Å²) in [5.74, 6) is 0.258. The third kappa shape index (κ3) is 3.02. The Morgan fingerprint density at radius 2 is 2.09 bits per heavy atom. The molecule has 0 radical (unpaired) electrons. The number of hydrogen-bond donors (Lipinski definition) is 0. The fourth-order valence-electron chi connectivity index (χ4n) is 2.64. The minimum Gasteiger partial charge on any atom is -0.338 e. The first kappa shape index (κ1) is 15.1. The van der Waals surface area contributed by atoms with Gasteiger partial charge in [0.05, 0.1) is 5.75 Å². The summed E-state index contributed by atoms with van der Waals surface area (Å²) in [5.41, 5.74) is 0.550. The summed E-state index contributed by atoms with van der Waals surface area (Å²) in [6.45, 7) is 2.12. The lowest BCUT2D eigenvalue weighted by atomic mass is 10.2. The van der Waals surface area contributed by atoms with Crippen LogP contribution in [0.1, 0.15) is 36.2 Å². The van der Waals surface area contributed by atoms with Crippen molar-refractivity contribution in [1.82, 2.24) is 14.4 Å². The zero-order valence-corrected chi connectivity index (χ0v) is 12.9. The largest absolute Gasteiger partial charge is 0.338 e. The fraction of sp³-hybridized carbons (Fsp3) is 0.429. The van der Waals surface area contributed by atoms with Crippen LogP contribution in [0.15, 0.2) is 28.8 Å². The number of aryl methyl sites for hydroxylation is 1. The van der Waals surface area contributed by atoms with E-state index in [-0.39, 0.29) is 11.6 Å². The van der Waals surface area contributed by atoms with Crippen molar-refractivity contribution in [2.45, 2.75) is 31.6 Å². The molecule has 22 heavy (non-hydrogen) atoms. The lowest BCUT2D eigenvalue weighted by Crippen LogP contribution is -2.31. The summed E-state index contributed by atoms with van der Waals surface area (Å²) in [4.78, 5) is 4.14. The lowest BCUT2D eigenvalue weighted by Gasteiger charge is -2.21. The van der Waals surface area contributed by atoms with Crippen molar-refractivity contribution >= 4 is 10.0 Å². The number of hydrogen-bond acceptors (Lipinski definition) is 5. The second kappa shape index (κ2) is 5.77. The van der Waals surface area contributed by atoms with E-state index in [1.165, 1.54) is 28.6 Å². The lowest BCUT2D eigenvalue weighted by molar-refractivity contribution is 0.289. The van der Waals surface area contributed by atoms with E-state index in [0.717, 1.165) is 6.42 Å². The van der Waals surface area contributed by atoms with E-state index in [4.69, 9.17) is 4.52 Å². The fourth-order valence-corrected chi connectivity index (χ4v) is 4.41. The molecular weight excluding hydrogens is 309 g/mol. The van der Waals surface area contributed by atoms with Crippen molar-refractivity contribution in [3.63, 3.8) is 0 Å². The van der Waals surface area contributed by atoms with Gasteiger partial charge in [-0.1, -0.05) is 17.3 Å². The maximum absolute atomic E-state index is 12.9. The summed E-state index contributed by atoms with van der Waals surface area (Å²) in [6.07, 6.45) is 1.40. The number of benzene rings is 1. The Balaban J connectivity index is 1.82. The van der Waals surface area contributed by atoms with E-state index < -0.39 is 16.1 Å². The molecule has 1 aromatic carbocycles. The molecule has 0 saturated carbocycles. The molecule has 8 heteroatoms. The van der Waals surface area contributed by atoms with Gasteiger partial charge in [0.1, 0.15) is 11.9 Å². The van der Waals surface area contributed by atoms with Gasteiger partial charge >= 0.3 is 0 Å². The van der Waals surface area contributed by atoms with Crippen molar-refractivity contribution in [2.24, 2.45) is 0 Å². The topological polar surface area (TPSA) is 76.3 Å². The van der Waals surface area contributed by atoms with Gasteiger partial charge in [0.15, 0.2) is 5.82 Å². The Morgan fingerprint density at radius 3 is 2.73 bits per heavy atom. The molecule has 2 aromatic rings. The van der Waals surface area contributed by atoms with E-state index in [0.29, 0.717) is 30.2 Å². The van der Waals surface area contributed by atoms with Crippen LogP contribution in [-0.4, -0.2) is 29.4 Å². The molecule has 0 aliphatic carbocycles. The van der Waals surface area contributed by atoms with Crippen molar-refractivity contribution < 1.29 is 17.3 Å². The van der Waals surface area contributed by atoms with Gasteiger partial charge in [-0.3, -0.25) is 0 Å². The Kier molecular flexibility index (Phi) is 3.96. The number of nitrogens with zero attached hydrogens (tertiary/aromatic N) is 3. The van der Waals surface area contributed by atoms with Crippen LogP contribution in [0.3, 0.4) is 0 Å². The molecule has 1 fully saturated rings. The van der Waals surface area contributed by atoms with Crippen molar-refractivity contribution in [2.75, 3.05) is 6.54 Å². The molecule has 0 N–H and O–H groups in total. The number of rotatable bonds is 4.